The van der Waals surface area contributed by atoms with Crippen LogP contribution in [0.4, 0.5) is 4.39 Å². The summed E-state index contributed by atoms with van der Waals surface area (Å²) in [6, 6.07) is 11.0. The zero-order valence-electron chi connectivity index (χ0n) is 15.3. The predicted molar refractivity (Wildman–Crippen MR) is 101 cm³/mol. The summed E-state index contributed by atoms with van der Waals surface area (Å²) in [5, 5.41) is 9.00. The Balaban J connectivity index is 2.17. The number of hydrogen-bond donors (Lipinski definition) is 1. The van der Waals surface area contributed by atoms with Gasteiger partial charge in [-0.1, -0.05) is 42.5 Å². The van der Waals surface area contributed by atoms with Gasteiger partial charge >= 0.3 is 5.97 Å². The van der Waals surface area contributed by atoms with Crippen LogP contribution in [0.25, 0.3) is 11.1 Å². The molecular weight excluding hydrogens is 331 g/mol. The fourth-order valence-electron chi connectivity index (χ4n) is 2.80. The molecule has 0 aromatic heterocycles. The summed E-state index contributed by atoms with van der Waals surface area (Å²) >= 11 is 0. The lowest BCUT2D eigenvalue weighted by atomic mass is 9.94. The minimum absolute atomic E-state index is 0.00251. The lowest BCUT2D eigenvalue weighted by Gasteiger charge is -2.13. The first-order valence-electron chi connectivity index (χ1n) is 8.74. The molecule has 2 aromatic rings. The Morgan fingerprint density at radius 1 is 1.15 bits per heavy atom. The van der Waals surface area contributed by atoms with E-state index in [1.54, 1.807) is 13.0 Å². The zero-order chi connectivity index (χ0) is 19.1. The van der Waals surface area contributed by atoms with Crippen molar-refractivity contribution < 1.29 is 19.0 Å². The SMILES string of the molecule is C=C(C)C(=O)OCCCc1cc(C)ccc1-c1ccc(CCO)cc1F. The van der Waals surface area contributed by atoms with Crippen LogP contribution in [-0.2, 0) is 22.4 Å². The predicted octanol–water partition coefficient (Wildman–Crippen LogP) is 4.39. The molecule has 2 aromatic carbocycles. The van der Waals surface area contributed by atoms with E-state index in [4.69, 9.17) is 9.84 Å². The summed E-state index contributed by atoms with van der Waals surface area (Å²) in [6.07, 6.45) is 1.77. The molecule has 0 saturated carbocycles. The molecule has 2 rings (SSSR count). The maximum absolute atomic E-state index is 14.6. The molecule has 0 aliphatic heterocycles. The average Bonchev–Trinajstić information content (AvgIpc) is 2.59. The quantitative estimate of drug-likeness (QED) is 0.433. The van der Waals surface area contributed by atoms with Crippen LogP contribution in [0.1, 0.15) is 30.0 Å². The second-order valence-electron chi connectivity index (χ2n) is 6.47. The standard InChI is InChI=1S/C22H25FO3/c1-15(2)22(25)26-12-4-5-18-13-16(3)6-8-19(18)20-9-7-17(10-11-24)14-21(20)23/h6-9,13-14,24H,1,4-5,10-12H2,2-3H3. The van der Waals surface area contributed by atoms with E-state index in [2.05, 4.69) is 6.58 Å². The number of rotatable bonds is 8. The number of benzene rings is 2. The first kappa shape index (κ1) is 19.9. The van der Waals surface area contributed by atoms with Gasteiger partial charge in [0.1, 0.15) is 5.82 Å². The number of halogens is 1. The maximum Gasteiger partial charge on any atom is 0.333 e. The third-order valence-electron chi connectivity index (χ3n) is 4.16. The van der Waals surface area contributed by atoms with Crippen molar-refractivity contribution in [1.82, 2.24) is 0 Å². The van der Waals surface area contributed by atoms with E-state index in [0.29, 0.717) is 37.0 Å². The highest BCUT2D eigenvalue weighted by atomic mass is 19.1. The number of carbonyl (C=O) groups is 1. The number of esters is 1. The maximum atomic E-state index is 14.6. The average molecular weight is 356 g/mol. The van der Waals surface area contributed by atoms with Gasteiger partial charge in [0.2, 0.25) is 0 Å². The van der Waals surface area contributed by atoms with E-state index in [9.17, 15) is 9.18 Å². The summed E-state index contributed by atoms with van der Waals surface area (Å²) in [6.45, 7) is 7.47. The van der Waals surface area contributed by atoms with Crippen molar-refractivity contribution in [2.24, 2.45) is 0 Å². The Kier molecular flexibility index (Phi) is 7.10. The van der Waals surface area contributed by atoms with Crippen molar-refractivity contribution in [3.8, 4) is 11.1 Å². The van der Waals surface area contributed by atoms with Crippen molar-refractivity contribution in [1.29, 1.82) is 0 Å². The molecule has 138 valence electrons. The van der Waals surface area contributed by atoms with E-state index >= 15 is 0 Å². The molecule has 3 nitrogen and oxygen atoms in total. The van der Waals surface area contributed by atoms with Crippen molar-refractivity contribution in [2.45, 2.75) is 33.1 Å². The van der Waals surface area contributed by atoms with Gasteiger partial charge in [-0.3, -0.25) is 0 Å². The minimum atomic E-state index is -0.389. The van der Waals surface area contributed by atoms with E-state index < -0.39 is 0 Å². The summed E-state index contributed by atoms with van der Waals surface area (Å²) in [5.41, 5.74) is 4.65. The molecule has 0 fully saturated rings. The van der Waals surface area contributed by atoms with E-state index in [-0.39, 0.29) is 18.4 Å². The molecule has 0 unspecified atom stereocenters. The van der Waals surface area contributed by atoms with E-state index in [1.807, 2.05) is 31.2 Å². The number of hydrogen-bond acceptors (Lipinski definition) is 3. The zero-order valence-corrected chi connectivity index (χ0v) is 15.3. The molecule has 1 N–H and O–H groups in total. The van der Waals surface area contributed by atoms with Gasteiger partial charge in [0.05, 0.1) is 6.61 Å². The molecule has 0 radical (unpaired) electrons. The minimum Gasteiger partial charge on any atom is -0.462 e. The number of aliphatic hydroxyl groups excluding tert-OH is 1. The van der Waals surface area contributed by atoms with Crippen LogP contribution in [0.3, 0.4) is 0 Å². The fraction of sp³-hybridized carbons (Fsp3) is 0.318. The molecule has 0 saturated heterocycles. The molecule has 0 spiro atoms. The van der Waals surface area contributed by atoms with Crippen molar-refractivity contribution in [3.05, 3.63) is 71.1 Å². The first-order chi connectivity index (χ1) is 12.4. The Hall–Kier alpha value is -2.46. The molecule has 0 aliphatic rings. The lowest BCUT2D eigenvalue weighted by Crippen LogP contribution is -2.07. The van der Waals surface area contributed by atoms with Gasteiger partial charge < -0.3 is 9.84 Å². The van der Waals surface area contributed by atoms with Crippen LogP contribution in [0.2, 0.25) is 0 Å². The number of carbonyl (C=O) groups excluding carboxylic acids is 1. The first-order valence-corrected chi connectivity index (χ1v) is 8.74. The van der Waals surface area contributed by atoms with Crippen molar-refractivity contribution >= 4 is 5.97 Å². The number of aliphatic hydroxyl groups is 1. The van der Waals surface area contributed by atoms with Crippen LogP contribution >= 0.6 is 0 Å². The summed E-state index contributed by atoms with van der Waals surface area (Å²) in [7, 11) is 0. The molecular formula is C22H25FO3. The summed E-state index contributed by atoms with van der Waals surface area (Å²) < 4.78 is 19.7. The topological polar surface area (TPSA) is 46.5 Å². The van der Waals surface area contributed by atoms with Gasteiger partial charge in [0, 0.05) is 17.7 Å². The Morgan fingerprint density at radius 2 is 1.88 bits per heavy atom. The Labute approximate surface area is 154 Å². The summed E-state index contributed by atoms with van der Waals surface area (Å²) in [5.74, 6) is -0.685. The van der Waals surface area contributed by atoms with Crippen molar-refractivity contribution in [3.63, 3.8) is 0 Å². The molecule has 4 heteroatoms. The largest absolute Gasteiger partial charge is 0.462 e. The monoisotopic (exact) mass is 356 g/mol. The molecule has 0 aliphatic carbocycles. The third-order valence-corrected chi connectivity index (χ3v) is 4.16. The second kappa shape index (κ2) is 9.30. The molecule has 0 heterocycles. The number of aryl methyl sites for hydroxylation is 2. The van der Waals surface area contributed by atoms with Gasteiger partial charge in [-0.25, -0.2) is 9.18 Å². The normalized spacial score (nSPS) is 10.6. The Bertz CT molecular complexity index is 796. The van der Waals surface area contributed by atoms with Gasteiger partial charge in [0.15, 0.2) is 0 Å². The highest BCUT2D eigenvalue weighted by molar-refractivity contribution is 5.86. The fourth-order valence-corrected chi connectivity index (χ4v) is 2.80. The van der Waals surface area contributed by atoms with Gasteiger partial charge in [-0.05, 0) is 55.9 Å². The highest BCUT2D eigenvalue weighted by Gasteiger charge is 2.11. The smallest absolute Gasteiger partial charge is 0.333 e. The molecule has 26 heavy (non-hydrogen) atoms. The second-order valence-corrected chi connectivity index (χ2v) is 6.47. The number of ether oxygens (including phenoxy) is 1. The molecule has 0 amide bonds. The van der Waals surface area contributed by atoms with Gasteiger partial charge in [0.25, 0.3) is 0 Å². The van der Waals surface area contributed by atoms with Gasteiger partial charge in [-0.15, -0.1) is 0 Å². The van der Waals surface area contributed by atoms with Crippen LogP contribution in [0, 0.1) is 12.7 Å². The van der Waals surface area contributed by atoms with Crippen molar-refractivity contribution in [2.75, 3.05) is 13.2 Å². The highest BCUT2D eigenvalue weighted by Crippen LogP contribution is 2.29. The van der Waals surface area contributed by atoms with E-state index in [0.717, 1.165) is 22.3 Å². The molecule has 0 atom stereocenters. The van der Waals surface area contributed by atoms with Crippen LogP contribution in [0.15, 0.2) is 48.6 Å². The molecule has 0 bridgehead atoms. The third kappa shape index (κ3) is 5.27. The van der Waals surface area contributed by atoms with E-state index in [1.165, 1.54) is 6.07 Å². The lowest BCUT2D eigenvalue weighted by molar-refractivity contribution is -0.139. The van der Waals surface area contributed by atoms with Crippen LogP contribution < -0.4 is 0 Å². The van der Waals surface area contributed by atoms with Gasteiger partial charge in [-0.2, -0.15) is 0 Å². The van der Waals surface area contributed by atoms with Crippen LogP contribution in [0.5, 0.6) is 0 Å². The Morgan fingerprint density at radius 3 is 2.54 bits per heavy atom. The summed E-state index contributed by atoms with van der Waals surface area (Å²) in [4.78, 5) is 11.4. The van der Waals surface area contributed by atoms with Crippen LogP contribution in [-0.4, -0.2) is 24.3 Å².